The zero-order valence-corrected chi connectivity index (χ0v) is 11.6. The zero-order valence-electron chi connectivity index (χ0n) is 11.6. The molecule has 0 aliphatic heterocycles. The van der Waals surface area contributed by atoms with E-state index in [-0.39, 0.29) is 0 Å². The van der Waals surface area contributed by atoms with Crippen LogP contribution in [0.2, 0.25) is 0 Å². The largest absolute Gasteiger partial charge is 0.0619 e. The molecule has 0 saturated heterocycles. The summed E-state index contributed by atoms with van der Waals surface area (Å²) in [5, 5.41) is 2.80. The van der Waals surface area contributed by atoms with Crippen molar-refractivity contribution in [1.29, 1.82) is 0 Å². The summed E-state index contributed by atoms with van der Waals surface area (Å²) in [5.41, 5.74) is 8.32. The van der Waals surface area contributed by atoms with Gasteiger partial charge in [-0.2, -0.15) is 0 Å². The highest BCUT2D eigenvalue weighted by molar-refractivity contribution is 5.83. The molecule has 2 aliphatic carbocycles. The van der Waals surface area contributed by atoms with Crippen molar-refractivity contribution >= 4 is 12.2 Å². The van der Waals surface area contributed by atoms with Crippen LogP contribution < -0.4 is 10.4 Å². The lowest BCUT2D eigenvalue weighted by molar-refractivity contribution is 1.13. The van der Waals surface area contributed by atoms with Crippen molar-refractivity contribution in [2.24, 2.45) is 0 Å². The normalized spacial score (nSPS) is 13.3. The van der Waals surface area contributed by atoms with Crippen LogP contribution in [0.4, 0.5) is 0 Å². The van der Waals surface area contributed by atoms with E-state index in [2.05, 4.69) is 72.8 Å². The highest BCUT2D eigenvalue weighted by atomic mass is 14.2. The van der Waals surface area contributed by atoms with Crippen molar-refractivity contribution in [3.63, 3.8) is 0 Å². The standard InChI is InChI=1S/C21H14/c1-2-6-15-12-20-17(11-14(15)5-1)9-10-19-18-8-4-3-7-16(18)13-21(19)20/h1-10,12-13H,11H2. The van der Waals surface area contributed by atoms with Crippen LogP contribution in [0.15, 0.2) is 60.7 Å². The van der Waals surface area contributed by atoms with Crippen LogP contribution in [0.1, 0.15) is 22.3 Å². The number of fused-ring (bicyclic) bond motifs is 6. The van der Waals surface area contributed by atoms with Crippen LogP contribution in [-0.4, -0.2) is 0 Å². The lowest BCUT2D eigenvalue weighted by Gasteiger charge is -2.14. The minimum atomic E-state index is 1.04. The molecule has 0 spiro atoms. The maximum atomic E-state index is 2.36. The first-order chi connectivity index (χ1) is 10.4. The molecule has 0 aromatic heterocycles. The van der Waals surface area contributed by atoms with Gasteiger partial charge in [0.25, 0.3) is 0 Å². The van der Waals surface area contributed by atoms with Crippen LogP contribution in [-0.2, 0) is 6.42 Å². The Morgan fingerprint density at radius 2 is 1.29 bits per heavy atom. The summed E-state index contributed by atoms with van der Waals surface area (Å²) >= 11 is 0. The van der Waals surface area contributed by atoms with Gasteiger partial charge >= 0.3 is 0 Å². The predicted molar refractivity (Wildman–Crippen MR) is 87.5 cm³/mol. The molecule has 21 heavy (non-hydrogen) atoms. The van der Waals surface area contributed by atoms with Crippen LogP contribution in [0.25, 0.3) is 23.3 Å². The van der Waals surface area contributed by atoms with Crippen LogP contribution >= 0.6 is 0 Å². The van der Waals surface area contributed by atoms with Crippen molar-refractivity contribution < 1.29 is 0 Å². The summed E-state index contributed by atoms with van der Waals surface area (Å²) in [5.74, 6) is 0. The van der Waals surface area contributed by atoms with Crippen LogP contribution in [0.5, 0.6) is 0 Å². The van der Waals surface area contributed by atoms with E-state index >= 15 is 0 Å². The minimum absolute atomic E-state index is 1.04. The zero-order chi connectivity index (χ0) is 13.8. The molecule has 3 aromatic rings. The Bertz CT molecular complexity index is 1010. The van der Waals surface area contributed by atoms with E-state index in [9.17, 15) is 0 Å². The smallest absolute Gasteiger partial charge is 0.00137 e. The third kappa shape index (κ3) is 1.50. The molecule has 0 heteroatoms. The van der Waals surface area contributed by atoms with Crippen molar-refractivity contribution in [2.45, 2.75) is 6.42 Å². The Morgan fingerprint density at radius 3 is 2.24 bits per heavy atom. The minimum Gasteiger partial charge on any atom is -0.0619 e. The lowest BCUT2D eigenvalue weighted by Crippen LogP contribution is -2.31. The van der Waals surface area contributed by atoms with Gasteiger partial charge < -0.3 is 0 Å². The predicted octanol–water partition coefficient (Wildman–Crippen LogP) is 3.23. The van der Waals surface area contributed by atoms with Gasteiger partial charge in [-0.3, -0.25) is 0 Å². The average Bonchev–Trinajstić information content (AvgIpc) is 2.92. The number of benzene rings is 3. The van der Waals surface area contributed by atoms with E-state index in [0.29, 0.717) is 0 Å². The van der Waals surface area contributed by atoms with Gasteiger partial charge in [-0.15, -0.1) is 0 Å². The Balaban J connectivity index is 1.89. The quantitative estimate of drug-likeness (QED) is 0.404. The molecule has 0 nitrogen and oxygen atoms in total. The summed E-state index contributed by atoms with van der Waals surface area (Å²) in [7, 11) is 0. The van der Waals surface area contributed by atoms with E-state index < -0.39 is 0 Å². The SMILES string of the molecule is C1=c2c(ccc3c2=Cc2ccccc2-3)Cc2ccccc21. The Morgan fingerprint density at radius 1 is 0.524 bits per heavy atom. The monoisotopic (exact) mass is 266 g/mol. The molecular weight excluding hydrogens is 252 g/mol. The van der Waals surface area contributed by atoms with Gasteiger partial charge in [0.15, 0.2) is 0 Å². The van der Waals surface area contributed by atoms with Crippen molar-refractivity contribution in [3.05, 3.63) is 93.4 Å². The Hall–Kier alpha value is -2.60. The fourth-order valence-electron chi connectivity index (χ4n) is 3.62. The molecule has 0 N–H and O–H groups in total. The lowest BCUT2D eigenvalue weighted by atomic mass is 9.90. The molecule has 0 saturated carbocycles. The second kappa shape index (κ2) is 3.95. The van der Waals surface area contributed by atoms with Gasteiger partial charge in [0.1, 0.15) is 0 Å². The Kier molecular flexibility index (Phi) is 2.09. The van der Waals surface area contributed by atoms with E-state index in [1.165, 1.54) is 43.8 Å². The fraction of sp³-hybridized carbons (Fsp3) is 0.0476. The molecule has 98 valence electrons. The first kappa shape index (κ1) is 11.1. The molecule has 2 aliphatic rings. The van der Waals surface area contributed by atoms with Crippen molar-refractivity contribution in [3.8, 4) is 11.1 Å². The molecule has 0 radical (unpaired) electrons. The molecular formula is C21H14. The molecule has 0 bridgehead atoms. The van der Waals surface area contributed by atoms with Crippen LogP contribution in [0, 0.1) is 0 Å². The maximum absolute atomic E-state index is 2.36. The molecule has 5 rings (SSSR count). The van der Waals surface area contributed by atoms with Crippen molar-refractivity contribution in [2.75, 3.05) is 0 Å². The van der Waals surface area contributed by atoms with E-state index in [4.69, 9.17) is 0 Å². The number of rotatable bonds is 0. The summed E-state index contributed by atoms with van der Waals surface area (Å²) in [4.78, 5) is 0. The fourth-order valence-corrected chi connectivity index (χ4v) is 3.62. The first-order valence-electron chi connectivity index (χ1n) is 7.43. The van der Waals surface area contributed by atoms with E-state index in [1.807, 2.05) is 0 Å². The van der Waals surface area contributed by atoms with Crippen LogP contribution in [0.3, 0.4) is 0 Å². The highest BCUT2D eigenvalue weighted by Crippen LogP contribution is 2.26. The van der Waals surface area contributed by atoms with Gasteiger partial charge in [-0.25, -0.2) is 0 Å². The summed E-state index contributed by atoms with van der Waals surface area (Å²) in [6, 6.07) is 22.0. The summed E-state index contributed by atoms with van der Waals surface area (Å²) in [6.45, 7) is 0. The molecule has 0 amide bonds. The second-order valence-corrected chi connectivity index (χ2v) is 5.85. The third-order valence-corrected chi connectivity index (χ3v) is 4.66. The average molecular weight is 266 g/mol. The first-order valence-corrected chi connectivity index (χ1v) is 7.43. The maximum Gasteiger partial charge on any atom is -0.00137 e. The summed E-state index contributed by atoms with van der Waals surface area (Å²) < 4.78 is 0. The molecule has 0 unspecified atom stereocenters. The highest BCUT2D eigenvalue weighted by Gasteiger charge is 2.16. The third-order valence-electron chi connectivity index (χ3n) is 4.66. The number of hydrogen-bond acceptors (Lipinski definition) is 0. The van der Waals surface area contributed by atoms with Gasteiger partial charge in [0.2, 0.25) is 0 Å². The van der Waals surface area contributed by atoms with E-state index in [1.54, 1.807) is 0 Å². The van der Waals surface area contributed by atoms with Crippen molar-refractivity contribution in [1.82, 2.24) is 0 Å². The summed E-state index contributed by atoms with van der Waals surface area (Å²) in [6.07, 6.45) is 5.74. The molecule has 3 aromatic carbocycles. The molecule has 0 fully saturated rings. The topological polar surface area (TPSA) is 0 Å². The molecule has 0 atom stereocenters. The van der Waals surface area contributed by atoms with Gasteiger partial charge in [0, 0.05) is 0 Å². The van der Waals surface area contributed by atoms with Gasteiger partial charge in [0.05, 0.1) is 0 Å². The Labute approximate surface area is 123 Å². The number of hydrogen-bond donors (Lipinski definition) is 0. The van der Waals surface area contributed by atoms with Gasteiger partial charge in [-0.1, -0.05) is 60.7 Å². The van der Waals surface area contributed by atoms with Gasteiger partial charge in [-0.05, 0) is 62.4 Å². The molecule has 0 heterocycles. The van der Waals surface area contributed by atoms with E-state index in [0.717, 1.165) is 6.42 Å². The second-order valence-electron chi connectivity index (χ2n) is 5.85.